The number of benzene rings is 1. The normalized spacial score (nSPS) is 23.3. The lowest BCUT2D eigenvalue weighted by Gasteiger charge is -2.28. The van der Waals surface area contributed by atoms with E-state index in [1.807, 2.05) is 0 Å². The van der Waals surface area contributed by atoms with Gasteiger partial charge in [-0.15, -0.1) is 0 Å². The minimum Gasteiger partial charge on any atom is -0.310 e. The lowest BCUT2D eigenvalue weighted by atomic mass is 9.84. The van der Waals surface area contributed by atoms with Crippen LogP contribution in [0.2, 0.25) is 0 Å². The molecule has 1 saturated carbocycles. The minimum absolute atomic E-state index is 0.280. The van der Waals surface area contributed by atoms with Crippen LogP contribution in [0.25, 0.3) is 0 Å². The van der Waals surface area contributed by atoms with Gasteiger partial charge in [-0.3, -0.25) is 0 Å². The molecule has 0 amide bonds. The van der Waals surface area contributed by atoms with E-state index in [9.17, 15) is 17.6 Å². The van der Waals surface area contributed by atoms with E-state index < -0.39 is 17.6 Å². The maximum atomic E-state index is 13.3. The van der Waals surface area contributed by atoms with Gasteiger partial charge < -0.3 is 5.32 Å². The third-order valence-corrected chi connectivity index (χ3v) is 4.30. The number of halogens is 4. The summed E-state index contributed by atoms with van der Waals surface area (Å²) in [7, 11) is 0. The Labute approximate surface area is 122 Å². The van der Waals surface area contributed by atoms with E-state index in [0.29, 0.717) is 17.7 Å². The van der Waals surface area contributed by atoms with Crippen molar-refractivity contribution in [3.05, 3.63) is 35.1 Å². The van der Waals surface area contributed by atoms with Gasteiger partial charge in [-0.1, -0.05) is 13.3 Å². The first kappa shape index (κ1) is 16.3. The van der Waals surface area contributed by atoms with E-state index >= 15 is 0 Å². The standard InChI is InChI=1S/C16H21F4N/c1-2-11-3-5-15(6-4-11)21-10-12-7-13(16(18,19)20)9-14(17)8-12/h7-9,11,15,21H,2-6,10H2,1H3. The van der Waals surface area contributed by atoms with Crippen molar-refractivity contribution in [1.29, 1.82) is 0 Å². The summed E-state index contributed by atoms with van der Waals surface area (Å²) in [5.41, 5.74) is -0.575. The maximum absolute atomic E-state index is 13.3. The van der Waals surface area contributed by atoms with Crippen molar-refractivity contribution in [2.24, 2.45) is 5.92 Å². The number of rotatable bonds is 4. The van der Waals surface area contributed by atoms with Crippen molar-refractivity contribution in [1.82, 2.24) is 5.32 Å². The molecule has 0 radical (unpaired) electrons. The molecule has 5 heteroatoms. The Morgan fingerprint density at radius 2 is 1.76 bits per heavy atom. The van der Waals surface area contributed by atoms with Crippen LogP contribution in [-0.4, -0.2) is 6.04 Å². The summed E-state index contributed by atoms with van der Waals surface area (Å²) in [5, 5.41) is 3.25. The number of alkyl halides is 3. The van der Waals surface area contributed by atoms with Crippen molar-refractivity contribution in [2.45, 2.75) is 57.8 Å². The van der Waals surface area contributed by atoms with E-state index in [-0.39, 0.29) is 6.54 Å². The third-order valence-electron chi connectivity index (χ3n) is 4.30. The van der Waals surface area contributed by atoms with Crippen LogP contribution in [0.5, 0.6) is 0 Å². The molecule has 21 heavy (non-hydrogen) atoms. The third kappa shape index (κ3) is 4.70. The van der Waals surface area contributed by atoms with Gasteiger partial charge in [0, 0.05) is 12.6 Å². The minimum atomic E-state index is -4.50. The van der Waals surface area contributed by atoms with E-state index in [4.69, 9.17) is 0 Å². The Hall–Kier alpha value is -1.10. The molecule has 0 unspecified atom stereocenters. The summed E-state index contributed by atoms with van der Waals surface area (Å²) < 4.78 is 51.2. The van der Waals surface area contributed by atoms with Gasteiger partial charge >= 0.3 is 6.18 Å². The zero-order chi connectivity index (χ0) is 15.5. The topological polar surface area (TPSA) is 12.0 Å². The molecule has 0 bridgehead atoms. The van der Waals surface area contributed by atoms with E-state index in [1.54, 1.807) is 0 Å². The maximum Gasteiger partial charge on any atom is 0.416 e. The van der Waals surface area contributed by atoms with Gasteiger partial charge in [0.05, 0.1) is 5.56 Å². The molecule has 1 fully saturated rings. The second kappa shape index (κ2) is 6.77. The molecular weight excluding hydrogens is 282 g/mol. The van der Waals surface area contributed by atoms with E-state index in [0.717, 1.165) is 37.7 Å². The summed E-state index contributed by atoms with van der Waals surface area (Å²) >= 11 is 0. The van der Waals surface area contributed by atoms with E-state index in [2.05, 4.69) is 12.2 Å². The Morgan fingerprint density at radius 1 is 1.10 bits per heavy atom. The van der Waals surface area contributed by atoms with Gasteiger partial charge in [-0.2, -0.15) is 13.2 Å². The lowest BCUT2D eigenvalue weighted by molar-refractivity contribution is -0.137. The highest BCUT2D eigenvalue weighted by atomic mass is 19.4. The summed E-state index contributed by atoms with van der Waals surface area (Å²) in [4.78, 5) is 0. The number of hydrogen-bond acceptors (Lipinski definition) is 1. The zero-order valence-electron chi connectivity index (χ0n) is 12.1. The first-order valence-electron chi connectivity index (χ1n) is 7.48. The first-order chi connectivity index (χ1) is 9.88. The zero-order valence-corrected chi connectivity index (χ0v) is 12.1. The van der Waals surface area contributed by atoms with Crippen molar-refractivity contribution in [3.63, 3.8) is 0 Å². The molecule has 1 aliphatic carbocycles. The quantitative estimate of drug-likeness (QED) is 0.780. The van der Waals surface area contributed by atoms with E-state index in [1.165, 1.54) is 12.5 Å². The van der Waals surface area contributed by atoms with Crippen molar-refractivity contribution in [3.8, 4) is 0 Å². The SMILES string of the molecule is CCC1CCC(NCc2cc(F)cc(C(F)(F)F)c2)CC1. The van der Waals surface area contributed by atoms with Gasteiger partial charge in [-0.05, 0) is 55.4 Å². The summed E-state index contributed by atoms with van der Waals surface area (Å²) in [6, 6.07) is 3.05. The summed E-state index contributed by atoms with van der Waals surface area (Å²) in [6.07, 6.45) is 1.08. The summed E-state index contributed by atoms with van der Waals surface area (Å²) in [5.74, 6) is -0.0645. The average Bonchev–Trinajstić information content (AvgIpc) is 2.44. The molecule has 1 N–H and O–H groups in total. The molecular formula is C16H21F4N. The highest BCUT2D eigenvalue weighted by Crippen LogP contribution is 2.31. The number of nitrogens with one attached hydrogen (secondary N) is 1. The second-order valence-electron chi connectivity index (χ2n) is 5.85. The molecule has 118 valence electrons. The molecule has 1 aliphatic rings. The molecule has 0 aliphatic heterocycles. The van der Waals surface area contributed by atoms with Crippen LogP contribution in [0, 0.1) is 11.7 Å². The molecule has 0 atom stereocenters. The Kier molecular flexibility index (Phi) is 5.25. The molecule has 0 spiro atoms. The van der Waals surface area contributed by atoms with Crippen LogP contribution in [-0.2, 0) is 12.7 Å². The Balaban J connectivity index is 1.93. The first-order valence-corrected chi connectivity index (χ1v) is 7.48. The molecule has 0 saturated heterocycles. The van der Waals surface area contributed by atoms with Gasteiger partial charge in [0.2, 0.25) is 0 Å². The van der Waals surface area contributed by atoms with Gasteiger partial charge in [0.15, 0.2) is 0 Å². The molecule has 0 heterocycles. The van der Waals surface area contributed by atoms with Crippen molar-refractivity contribution in [2.75, 3.05) is 0 Å². The fraction of sp³-hybridized carbons (Fsp3) is 0.625. The summed E-state index contributed by atoms with van der Waals surface area (Å²) in [6.45, 7) is 2.46. The van der Waals surface area contributed by atoms with Gasteiger partial charge in [0.1, 0.15) is 5.82 Å². The van der Waals surface area contributed by atoms with Gasteiger partial charge in [0.25, 0.3) is 0 Å². The van der Waals surface area contributed by atoms with Crippen molar-refractivity contribution >= 4 is 0 Å². The molecule has 1 nitrogen and oxygen atoms in total. The lowest BCUT2D eigenvalue weighted by Crippen LogP contribution is -2.32. The smallest absolute Gasteiger partial charge is 0.310 e. The van der Waals surface area contributed by atoms with Crippen LogP contribution < -0.4 is 5.32 Å². The fourth-order valence-corrected chi connectivity index (χ4v) is 2.95. The highest BCUT2D eigenvalue weighted by molar-refractivity contribution is 5.26. The molecule has 1 aromatic carbocycles. The highest BCUT2D eigenvalue weighted by Gasteiger charge is 2.31. The van der Waals surface area contributed by atoms with Crippen LogP contribution in [0.1, 0.15) is 50.2 Å². The Bertz CT molecular complexity index is 462. The molecule has 0 aromatic heterocycles. The van der Waals surface area contributed by atoms with Crippen LogP contribution in [0.4, 0.5) is 17.6 Å². The van der Waals surface area contributed by atoms with Crippen LogP contribution in [0.3, 0.4) is 0 Å². The average molecular weight is 303 g/mol. The molecule has 1 aromatic rings. The van der Waals surface area contributed by atoms with Gasteiger partial charge in [-0.25, -0.2) is 4.39 Å². The van der Waals surface area contributed by atoms with Crippen LogP contribution >= 0.6 is 0 Å². The fourth-order valence-electron chi connectivity index (χ4n) is 2.95. The monoisotopic (exact) mass is 303 g/mol. The number of hydrogen-bond donors (Lipinski definition) is 1. The van der Waals surface area contributed by atoms with Crippen molar-refractivity contribution < 1.29 is 17.6 Å². The predicted molar refractivity (Wildman–Crippen MR) is 74.3 cm³/mol. The van der Waals surface area contributed by atoms with Crippen LogP contribution in [0.15, 0.2) is 18.2 Å². The molecule has 2 rings (SSSR count). The largest absolute Gasteiger partial charge is 0.416 e. The Morgan fingerprint density at radius 3 is 2.33 bits per heavy atom. The predicted octanol–water partition coefficient (Wildman–Crippen LogP) is 4.90. The second-order valence-corrected chi connectivity index (χ2v) is 5.85.